The van der Waals surface area contributed by atoms with Crippen LogP contribution in [-0.2, 0) is 16.0 Å². The normalized spacial score (nSPS) is 20.5. The number of methoxy groups -OCH3 is 1. The third-order valence-electron chi connectivity index (χ3n) is 3.66. The highest BCUT2D eigenvalue weighted by molar-refractivity contribution is 5.74. The number of benzene rings is 1. The van der Waals surface area contributed by atoms with Crippen molar-refractivity contribution in [3.8, 4) is 0 Å². The molecule has 1 aliphatic rings. The molecule has 2 atom stereocenters. The third kappa shape index (κ3) is 2.34. The van der Waals surface area contributed by atoms with E-state index in [9.17, 15) is 4.79 Å². The van der Waals surface area contributed by atoms with E-state index < -0.39 is 0 Å². The molecule has 0 fully saturated rings. The summed E-state index contributed by atoms with van der Waals surface area (Å²) in [7, 11) is 1.43. The number of rotatable bonds is 3. The van der Waals surface area contributed by atoms with Crippen molar-refractivity contribution in [2.75, 3.05) is 13.7 Å². The Balaban J connectivity index is 2.30. The first kappa shape index (κ1) is 12.1. The van der Waals surface area contributed by atoms with Gasteiger partial charge in [-0.15, -0.1) is 0 Å². The summed E-state index contributed by atoms with van der Waals surface area (Å²) < 4.78 is 4.85. The highest BCUT2D eigenvalue weighted by Gasteiger charge is 2.32. The first-order valence-electron chi connectivity index (χ1n) is 6.13. The number of nitrogens with two attached hydrogens (primary N) is 1. The lowest BCUT2D eigenvalue weighted by atomic mass is 9.76. The van der Waals surface area contributed by atoms with Gasteiger partial charge in [0.1, 0.15) is 0 Å². The molecule has 0 radical (unpaired) electrons. The summed E-state index contributed by atoms with van der Waals surface area (Å²) in [4.78, 5) is 11.7. The molecule has 2 rings (SSSR count). The van der Waals surface area contributed by atoms with Gasteiger partial charge in [0.05, 0.1) is 13.0 Å². The Morgan fingerprint density at radius 1 is 1.53 bits per heavy atom. The fourth-order valence-corrected chi connectivity index (χ4v) is 2.79. The first-order valence-corrected chi connectivity index (χ1v) is 6.13. The molecule has 0 aromatic heterocycles. The zero-order valence-electron chi connectivity index (χ0n) is 10.2. The van der Waals surface area contributed by atoms with Crippen molar-refractivity contribution in [3.63, 3.8) is 0 Å². The van der Waals surface area contributed by atoms with Gasteiger partial charge < -0.3 is 10.5 Å². The molecule has 3 heteroatoms. The lowest BCUT2D eigenvalue weighted by molar-refractivity contribution is -0.146. The van der Waals surface area contributed by atoms with Crippen LogP contribution in [0.25, 0.3) is 0 Å². The number of fused-ring (bicyclic) bond motifs is 1. The van der Waals surface area contributed by atoms with E-state index in [0.29, 0.717) is 6.54 Å². The lowest BCUT2D eigenvalue weighted by Crippen LogP contribution is -2.32. The predicted molar refractivity (Wildman–Crippen MR) is 66.7 cm³/mol. The minimum atomic E-state index is -0.207. The van der Waals surface area contributed by atoms with Crippen LogP contribution in [0.2, 0.25) is 0 Å². The van der Waals surface area contributed by atoms with Gasteiger partial charge in [-0.05, 0) is 36.3 Å². The lowest BCUT2D eigenvalue weighted by Gasteiger charge is -2.30. The second-order valence-corrected chi connectivity index (χ2v) is 4.56. The number of aryl methyl sites for hydroxylation is 1. The Morgan fingerprint density at radius 2 is 2.29 bits per heavy atom. The van der Waals surface area contributed by atoms with Crippen LogP contribution in [0, 0.1) is 5.92 Å². The smallest absolute Gasteiger partial charge is 0.310 e. The van der Waals surface area contributed by atoms with E-state index >= 15 is 0 Å². The predicted octanol–water partition coefficient (Wildman–Crippen LogP) is 1.85. The van der Waals surface area contributed by atoms with Crippen LogP contribution in [0.1, 0.15) is 29.9 Å². The van der Waals surface area contributed by atoms with Gasteiger partial charge in [-0.25, -0.2) is 0 Å². The first-order chi connectivity index (χ1) is 8.27. The van der Waals surface area contributed by atoms with E-state index in [2.05, 4.69) is 18.2 Å². The molecule has 0 aliphatic heterocycles. The van der Waals surface area contributed by atoms with E-state index in [4.69, 9.17) is 10.5 Å². The molecular formula is C14H19NO2. The summed E-state index contributed by atoms with van der Waals surface area (Å²) in [5.41, 5.74) is 8.37. The minimum Gasteiger partial charge on any atom is -0.469 e. The average molecular weight is 233 g/mol. The van der Waals surface area contributed by atoms with Gasteiger partial charge in [0.2, 0.25) is 0 Å². The molecule has 1 aromatic carbocycles. The summed E-state index contributed by atoms with van der Waals surface area (Å²) in [6.45, 7) is 0.353. The van der Waals surface area contributed by atoms with Crippen LogP contribution in [0.5, 0.6) is 0 Å². The maximum Gasteiger partial charge on any atom is 0.310 e. The second-order valence-electron chi connectivity index (χ2n) is 4.56. The van der Waals surface area contributed by atoms with E-state index in [0.717, 1.165) is 19.3 Å². The average Bonchev–Trinajstić information content (AvgIpc) is 2.39. The van der Waals surface area contributed by atoms with Crippen LogP contribution in [-0.4, -0.2) is 19.6 Å². The van der Waals surface area contributed by atoms with Crippen molar-refractivity contribution < 1.29 is 9.53 Å². The Bertz CT molecular complexity index is 403. The summed E-state index contributed by atoms with van der Waals surface area (Å²) in [5, 5.41) is 0. The Kier molecular flexibility index (Phi) is 3.79. The Morgan fingerprint density at radius 3 is 3.00 bits per heavy atom. The summed E-state index contributed by atoms with van der Waals surface area (Å²) in [6.07, 6.45) is 3.24. The summed E-state index contributed by atoms with van der Waals surface area (Å²) >= 11 is 0. The van der Waals surface area contributed by atoms with E-state index in [1.807, 2.05) is 6.07 Å². The maximum atomic E-state index is 11.7. The highest BCUT2D eigenvalue weighted by Crippen LogP contribution is 2.36. The van der Waals surface area contributed by atoms with Crippen LogP contribution < -0.4 is 5.73 Å². The molecule has 0 heterocycles. The molecule has 0 bridgehead atoms. The molecule has 1 aliphatic carbocycles. The SMILES string of the molecule is COC(=O)C(CN)C1CCCc2ccccc21. The highest BCUT2D eigenvalue weighted by atomic mass is 16.5. The molecule has 0 saturated carbocycles. The van der Waals surface area contributed by atoms with Gasteiger partial charge in [0.15, 0.2) is 0 Å². The largest absolute Gasteiger partial charge is 0.469 e. The Labute approximate surface area is 102 Å². The van der Waals surface area contributed by atoms with E-state index in [1.54, 1.807) is 0 Å². The standard InChI is InChI=1S/C14H19NO2/c1-17-14(16)13(9-15)12-8-4-6-10-5-2-3-7-11(10)12/h2-3,5,7,12-13H,4,6,8-9,15H2,1H3. The van der Waals surface area contributed by atoms with E-state index in [-0.39, 0.29) is 17.8 Å². The van der Waals surface area contributed by atoms with E-state index in [1.165, 1.54) is 18.2 Å². The van der Waals surface area contributed by atoms with Gasteiger partial charge in [0, 0.05) is 6.54 Å². The Hall–Kier alpha value is -1.35. The fourth-order valence-electron chi connectivity index (χ4n) is 2.79. The number of hydrogen-bond acceptors (Lipinski definition) is 3. The zero-order chi connectivity index (χ0) is 12.3. The topological polar surface area (TPSA) is 52.3 Å². The molecule has 0 spiro atoms. The molecule has 17 heavy (non-hydrogen) atoms. The molecule has 2 unspecified atom stereocenters. The maximum absolute atomic E-state index is 11.7. The molecular weight excluding hydrogens is 214 g/mol. The van der Waals surface area contributed by atoms with Crippen LogP contribution in [0.3, 0.4) is 0 Å². The molecule has 1 aromatic rings. The van der Waals surface area contributed by atoms with Gasteiger partial charge in [-0.3, -0.25) is 4.79 Å². The van der Waals surface area contributed by atoms with Gasteiger partial charge in [0.25, 0.3) is 0 Å². The number of carbonyl (C=O) groups is 1. The van der Waals surface area contributed by atoms with Crippen molar-refractivity contribution in [1.82, 2.24) is 0 Å². The van der Waals surface area contributed by atoms with Gasteiger partial charge >= 0.3 is 5.97 Å². The fraction of sp³-hybridized carbons (Fsp3) is 0.500. The molecule has 0 amide bonds. The van der Waals surface area contributed by atoms with Gasteiger partial charge in [-0.1, -0.05) is 24.3 Å². The van der Waals surface area contributed by atoms with Crippen LogP contribution >= 0.6 is 0 Å². The number of carbonyl (C=O) groups excluding carboxylic acids is 1. The summed E-state index contributed by atoms with van der Waals surface area (Å²) in [5.74, 6) is -0.173. The monoisotopic (exact) mass is 233 g/mol. The number of ether oxygens (including phenoxy) is 1. The van der Waals surface area contributed by atoms with Gasteiger partial charge in [-0.2, -0.15) is 0 Å². The molecule has 0 saturated heterocycles. The van der Waals surface area contributed by atoms with Crippen molar-refractivity contribution >= 4 is 5.97 Å². The molecule has 3 nitrogen and oxygen atoms in total. The van der Waals surface area contributed by atoms with Crippen LogP contribution in [0.15, 0.2) is 24.3 Å². The van der Waals surface area contributed by atoms with Crippen molar-refractivity contribution in [2.45, 2.75) is 25.2 Å². The second kappa shape index (κ2) is 5.32. The molecule has 92 valence electrons. The quantitative estimate of drug-likeness (QED) is 0.811. The summed E-state index contributed by atoms with van der Waals surface area (Å²) in [6, 6.07) is 8.34. The van der Waals surface area contributed by atoms with Crippen molar-refractivity contribution in [2.24, 2.45) is 11.7 Å². The zero-order valence-corrected chi connectivity index (χ0v) is 10.2. The molecule has 2 N–H and O–H groups in total. The third-order valence-corrected chi connectivity index (χ3v) is 3.66. The van der Waals surface area contributed by atoms with Crippen molar-refractivity contribution in [3.05, 3.63) is 35.4 Å². The van der Waals surface area contributed by atoms with Crippen LogP contribution in [0.4, 0.5) is 0 Å². The number of hydrogen-bond donors (Lipinski definition) is 1. The van der Waals surface area contributed by atoms with Crippen molar-refractivity contribution in [1.29, 1.82) is 0 Å². The number of esters is 1. The minimum absolute atomic E-state index is 0.186.